The summed E-state index contributed by atoms with van der Waals surface area (Å²) in [5.41, 5.74) is 1.69. The molecule has 0 heterocycles. The molecule has 1 fully saturated rings. The second kappa shape index (κ2) is 5.67. The maximum Gasteiger partial charge on any atom is 0.272 e. The average molecular weight is 264 g/mol. The zero-order valence-corrected chi connectivity index (χ0v) is 11.3. The molecule has 1 aromatic carbocycles. The minimum Gasteiger partial charge on any atom is -0.392 e. The zero-order chi connectivity index (χ0) is 14.0. The van der Waals surface area contributed by atoms with Gasteiger partial charge in [0.25, 0.3) is 5.69 Å². The van der Waals surface area contributed by atoms with Gasteiger partial charge in [-0.15, -0.1) is 0 Å². The summed E-state index contributed by atoms with van der Waals surface area (Å²) in [5.74, 6) is 0.437. The van der Waals surface area contributed by atoms with E-state index in [1.807, 2.05) is 13.0 Å². The van der Waals surface area contributed by atoms with Crippen LogP contribution in [0.1, 0.15) is 36.9 Å². The minimum atomic E-state index is -0.357. The highest BCUT2D eigenvalue weighted by molar-refractivity contribution is 5.43. The van der Waals surface area contributed by atoms with E-state index in [9.17, 15) is 15.2 Å². The Balaban J connectivity index is 1.99. The van der Waals surface area contributed by atoms with Gasteiger partial charge in [-0.3, -0.25) is 10.1 Å². The van der Waals surface area contributed by atoms with Gasteiger partial charge in [0.15, 0.2) is 0 Å². The number of hydrogen-bond donors (Lipinski definition) is 2. The molecule has 2 N–H and O–H groups in total. The monoisotopic (exact) mass is 264 g/mol. The fraction of sp³-hybridized carbons (Fsp3) is 0.571. The van der Waals surface area contributed by atoms with Crippen LogP contribution in [0.3, 0.4) is 0 Å². The van der Waals surface area contributed by atoms with Crippen LogP contribution in [0.2, 0.25) is 0 Å². The van der Waals surface area contributed by atoms with Crippen LogP contribution in [0, 0.1) is 23.0 Å². The van der Waals surface area contributed by atoms with Crippen molar-refractivity contribution in [2.24, 2.45) is 5.92 Å². The van der Waals surface area contributed by atoms with E-state index in [1.165, 1.54) is 0 Å². The number of nitrogens with one attached hydrogen (secondary N) is 1. The van der Waals surface area contributed by atoms with Crippen molar-refractivity contribution in [3.8, 4) is 0 Å². The number of nitro groups is 1. The first-order valence-electron chi connectivity index (χ1n) is 6.65. The summed E-state index contributed by atoms with van der Waals surface area (Å²) >= 11 is 0. The van der Waals surface area contributed by atoms with Crippen LogP contribution in [-0.2, 0) is 0 Å². The third-order valence-corrected chi connectivity index (χ3v) is 3.73. The molecule has 2 atom stereocenters. The standard InChI is InChI=1S/C14H20N2O3/c1-9-3-4-12(7-13(9)16(18)19)10(2)15-8-14(17)11-5-6-11/h3-4,7,10-11,14-15,17H,5-6,8H2,1-2H3. The van der Waals surface area contributed by atoms with Crippen molar-refractivity contribution in [3.63, 3.8) is 0 Å². The Morgan fingerprint density at radius 2 is 2.21 bits per heavy atom. The molecule has 5 nitrogen and oxygen atoms in total. The molecule has 0 amide bonds. The molecule has 0 radical (unpaired) electrons. The van der Waals surface area contributed by atoms with E-state index >= 15 is 0 Å². The van der Waals surface area contributed by atoms with Crippen molar-refractivity contribution < 1.29 is 10.0 Å². The summed E-state index contributed by atoms with van der Waals surface area (Å²) in [6, 6.07) is 5.26. The molecule has 1 saturated carbocycles. The van der Waals surface area contributed by atoms with Gasteiger partial charge in [0, 0.05) is 24.2 Å². The third-order valence-electron chi connectivity index (χ3n) is 3.73. The van der Waals surface area contributed by atoms with Gasteiger partial charge in [-0.05, 0) is 38.2 Å². The van der Waals surface area contributed by atoms with Crippen molar-refractivity contribution in [2.75, 3.05) is 6.54 Å². The third kappa shape index (κ3) is 3.52. The molecule has 19 heavy (non-hydrogen) atoms. The molecule has 2 rings (SSSR count). The van der Waals surface area contributed by atoms with Crippen LogP contribution < -0.4 is 5.32 Å². The van der Waals surface area contributed by atoms with Crippen LogP contribution in [-0.4, -0.2) is 22.7 Å². The maximum absolute atomic E-state index is 10.9. The molecule has 0 bridgehead atoms. The zero-order valence-electron chi connectivity index (χ0n) is 11.3. The van der Waals surface area contributed by atoms with Gasteiger partial charge in [0.1, 0.15) is 0 Å². The van der Waals surface area contributed by atoms with Crippen molar-refractivity contribution in [1.29, 1.82) is 0 Å². The Labute approximate surface area is 112 Å². The topological polar surface area (TPSA) is 75.4 Å². The average Bonchev–Trinajstić information content (AvgIpc) is 3.20. The number of aryl methyl sites for hydroxylation is 1. The lowest BCUT2D eigenvalue weighted by molar-refractivity contribution is -0.385. The molecule has 1 aliphatic rings. The molecule has 0 aliphatic heterocycles. The normalized spacial score (nSPS) is 18.1. The van der Waals surface area contributed by atoms with Gasteiger partial charge >= 0.3 is 0 Å². The molecule has 1 aliphatic carbocycles. The molecule has 0 spiro atoms. The van der Waals surface area contributed by atoms with Gasteiger partial charge in [-0.1, -0.05) is 12.1 Å². The largest absolute Gasteiger partial charge is 0.392 e. The Hall–Kier alpha value is -1.46. The van der Waals surface area contributed by atoms with E-state index in [0.29, 0.717) is 18.0 Å². The summed E-state index contributed by atoms with van der Waals surface area (Å²) in [5, 5.41) is 23.9. The summed E-state index contributed by atoms with van der Waals surface area (Å²) < 4.78 is 0. The van der Waals surface area contributed by atoms with E-state index in [0.717, 1.165) is 18.4 Å². The fourth-order valence-corrected chi connectivity index (χ4v) is 2.16. The Bertz CT molecular complexity index is 472. The predicted octanol–water partition coefficient (Wildman–Crippen LogP) is 2.32. The summed E-state index contributed by atoms with van der Waals surface area (Å²) in [6.07, 6.45) is 1.91. The van der Waals surface area contributed by atoms with Gasteiger partial charge in [0.2, 0.25) is 0 Å². The molecule has 1 aromatic rings. The number of nitrogens with zero attached hydrogens (tertiary/aromatic N) is 1. The SMILES string of the molecule is Cc1ccc(C(C)NCC(O)C2CC2)cc1[N+](=O)[O-]. The van der Waals surface area contributed by atoms with E-state index in [4.69, 9.17) is 0 Å². The molecule has 0 aromatic heterocycles. The van der Waals surface area contributed by atoms with Crippen molar-refractivity contribution in [1.82, 2.24) is 5.32 Å². The molecule has 2 unspecified atom stereocenters. The number of aliphatic hydroxyl groups is 1. The van der Waals surface area contributed by atoms with E-state index in [1.54, 1.807) is 19.1 Å². The highest BCUT2D eigenvalue weighted by Gasteiger charge is 2.29. The number of rotatable bonds is 6. The van der Waals surface area contributed by atoms with Gasteiger partial charge < -0.3 is 10.4 Å². The summed E-state index contributed by atoms with van der Waals surface area (Å²) in [7, 11) is 0. The Kier molecular flexibility index (Phi) is 4.17. The molecule has 5 heteroatoms. The van der Waals surface area contributed by atoms with Crippen LogP contribution in [0.15, 0.2) is 18.2 Å². The van der Waals surface area contributed by atoms with Crippen LogP contribution >= 0.6 is 0 Å². The molecular formula is C14H20N2O3. The van der Waals surface area contributed by atoms with Gasteiger partial charge in [0.05, 0.1) is 11.0 Å². The second-order valence-corrected chi connectivity index (χ2v) is 5.34. The first-order valence-corrected chi connectivity index (χ1v) is 6.65. The quantitative estimate of drug-likeness (QED) is 0.610. The number of aliphatic hydroxyl groups excluding tert-OH is 1. The van der Waals surface area contributed by atoms with Gasteiger partial charge in [-0.25, -0.2) is 0 Å². The molecule has 0 saturated heterocycles. The van der Waals surface area contributed by atoms with Crippen molar-refractivity contribution >= 4 is 5.69 Å². The van der Waals surface area contributed by atoms with Crippen LogP contribution in [0.25, 0.3) is 0 Å². The fourth-order valence-electron chi connectivity index (χ4n) is 2.16. The van der Waals surface area contributed by atoms with E-state index in [2.05, 4.69) is 5.32 Å². The van der Waals surface area contributed by atoms with Crippen molar-refractivity contribution in [3.05, 3.63) is 39.4 Å². The predicted molar refractivity (Wildman–Crippen MR) is 73.0 cm³/mol. The van der Waals surface area contributed by atoms with Crippen molar-refractivity contribution in [2.45, 2.75) is 38.8 Å². The van der Waals surface area contributed by atoms with E-state index in [-0.39, 0.29) is 22.8 Å². The summed E-state index contributed by atoms with van der Waals surface area (Å²) in [4.78, 5) is 10.5. The van der Waals surface area contributed by atoms with Crippen LogP contribution in [0.4, 0.5) is 5.69 Å². The number of nitro benzene ring substituents is 1. The summed E-state index contributed by atoms with van der Waals surface area (Å²) in [6.45, 7) is 4.22. The van der Waals surface area contributed by atoms with E-state index < -0.39 is 0 Å². The lowest BCUT2D eigenvalue weighted by Gasteiger charge is -2.17. The molecular weight excluding hydrogens is 244 g/mol. The lowest BCUT2D eigenvalue weighted by Crippen LogP contribution is -2.30. The molecule has 104 valence electrons. The maximum atomic E-state index is 10.9. The highest BCUT2D eigenvalue weighted by Crippen LogP contribution is 2.32. The Morgan fingerprint density at radius 1 is 1.53 bits per heavy atom. The second-order valence-electron chi connectivity index (χ2n) is 5.34. The number of hydrogen-bond acceptors (Lipinski definition) is 4. The number of benzene rings is 1. The first-order chi connectivity index (χ1) is 8.99. The lowest BCUT2D eigenvalue weighted by atomic mass is 10.0. The first kappa shape index (κ1) is 14.0. The minimum absolute atomic E-state index is 0.00676. The van der Waals surface area contributed by atoms with Crippen LogP contribution in [0.5, 0.6) is 0 Å². The smallest absolute Gasteiger partial charge is 0.272 e. The Morgan fingerprint density at radius 3 is 2.79 bits per heavy atom. The highest BCUT2D eigenvalue weighted by atomic mass is 16.6. The van der Waals surface area contributed by atoms with Gasteiger partial charge in [-0.2, -0.15) is 0 Å².